The molecule has 1 heterocycles. The molecule has 0 bridgehead atoms. The number of rotatable bonds is 8. The summed E-state index contributed by atoms with van der Waals surface area (Å²) in [7, 11) is 0. The number of hydrogen-bond acceptors (Lipinski definition) is 4. The Bertz CT molecular complexity index is 1110. The molecule has 34 heavy (non-hydrogen) atoms. The van der Waals surface area contributed by atoms with Crippen molar-refractivity contribution in [3.63, 3.8) is 0 Å². The summed E-state index contributed by atoms with van der Waals surface area (Å²) < 4.78 is 3.31. The summed E-state index contributed by atoms with van der Waals surface area (Å²) in [6.45, 7) is 0.967. The Balaban J connectivity index is 1.55. The highest BCUT2D eigenvalue weighted by molar-refractivity contribution is 8.02. The third kappa shape index (κ3) is 6.19. The van der Waals surface area contributed by atoms with Crippen LogP contribution >= 0.6 is 47.1 Å². The fourth-order valence-electron chi connectivity index (χ4n) is 3.40. The molecule has 0 aromatic heterocycles. The number of halogens is 2. The maximum Gasteiger partial charge on any atom is 0.271 e. The predicted molar refractivity (Wildman–Crippen MR) is 142 cm³/mol. The minimum Gasteiger partial charge on any atom is -0.268 e. The quantitative estimate of drug-likeness (QED) is 0.141. The van der Waals surface area contributed by atoms with E-state index in [-0.39, 0.29) is 17.4 Å². The van der Waals surface area contributed by atoms with Crippen LogP contribution in [0.3, 0.4) is 0 Å². The maximum atomic E-state index is 13.3. The first-order valence-corrected chi connectivity index (χ1v) is 13.1. The minimum atomic E-state index is -0.308. The topological polar surface area (TPSA) is 40.6 Å². The zero-order valence-electron chi connectivity index (χ0n) is 18.2. The zero-order valence-corrected chi connectivity index (χ0v) is 21.3. The summed E-state index contributed by atoms with van der Waals surface area (Å²) >= 11 is 14.9. The molecule has 8 heteroatoms. The average Bonchev–Trinajstić information content (AvgIpc) is 2.85. The number of carbonyl (C=O) groups is 2. The summed E-state index contributed by atoms with van der Waals surface area (Å²) in [4.78, 5) is 27.2. The molecular formula is C26H22Cl2N2O2S2. The molecule has 1 fully saturated rings. The monoisotopic (exact) mass is 528 g/mol. The van der Waals surface area contributed by atoms with Crippen molar-refractivity contribution in [3.05, 3.63) is 111 Å². The molecule has 0 radical (unpaired) electrons. The van der Waals surface area contributed by atoms with E-state index < -0.39 is 0 Å². The van der Waals surface area contributed by atoms with E-state index in [4.69, 9.17) is 23.2 Å². The molecule has 0 spiro atoms. The van der Waals surface area contributed by atoms with E-state index in [1.807, 2.05) is 60.7 Å². The van der Waals surface area contributed by atoms with Gasteiger partial charge >= 0.3 is 0 Å². The highest BCUT2D eigenvalue weighted by Gasteiger charge is 2.36. The van der Waals surface area contributed by atoms with Gasteiger partial charge in [0.05, 0.1) is 22.2 Å². The first-order chi connectivity index (χ1) is 16.5. The molecule has 4 nitrogen and oxygen atoms in total. The van der Waals surface area contributed by atoms with Crippen LogP contribution in [0, 0.1) is 0 Å². The number of thioether (sulfide) groups is 1. The Morgan fingerprint density at radius 1 is 0.706 bits per heavy atom. The Morgan fingerprint density at radius 3 is 1.65 bits per heavy atom. The van der Waals surface area contributed by atoms with Gasteiger partial charge in [-0.3, -0.25) is 18.2 Å². The Morgan fingerprint density at radius 2 is 1.18 bits per heavy atom. The molecule has 1 aliphatic heterocycles. The third-order valence-electron chi connectivity index (χ3n) is 5.22. The van der Waals surface area contributed by atoms with Crippen LogP contribution in [0.2, 0.25) is 10.0 Å². The van der Waals surface area contributed by atoms with E-state index in [0.29, 0.717) is 40.9 Å². The molecule has 1 aliphatic rings. The van der Waals surface area contributed by atoms with Gasteiger partial charge in [0.15, 0.2) is 0 Å². The van der Waals surface area contributed by atoms with E-state index in [0.717, 1.165) is 11.1 Å². The summed E-state index contributed by atoms with van der Waals surface area (Å²) in [6, 6.07) is 25.2. The Labute approximate surface area is 218 Å². The number of hydrogen-bond donors (Lipinski definition) is 0. The van der Waals surface area contributed by atoms with Crippen LogP contribution in [-0.2, 0) is 22.4 Å². The largest absolute Gasteiger partial charge is 0.271 e. The van der Waals surface area contributed by atoms with Crippen LogP contribution < -0.4 is 0 Å². The molecule has 0 atom stereocenters. The number of amides is 2. The second kappa shape index (κ2) is 11.8. The SMILES string of the molecule is O=C1C(=CSc2c(Cl)cccc2Cl)C(=O)N(CCc2ccccc2)SN1CCc1ccccc1. The molecule has 3 aromatic rings. The van der Waals surface area contributed by atoms with E-state index >= 15 is 0 Å². The molecule has 174 valence electrons. The smallest absolute Gasteiger partial charge is 0.268 e. The van der Waals surface area contributed by atoms with Gasteiger partial charge in [0.1, 0.15) is 5.57 Å². The van der Waals surface area contributed by atoms with E-state index in [1.165, 1.54) is 23.9 Å². The molecule has 3 aromatic carbocycles. The van der Waals surface area contributed by atoms with Crippen LogP contribution in [-0.4, -0.2) is 33.5 Å². The van der Waals surface area contributed by atoms with Crippen LogP contribution in [0.1, 0.15) is 11.1 Å². The van der Waals surface area contributed by atoms with Crippen molar-refractivity contribution in [1.82, 2.24) is 8.61 Å². The Kier molecular flexibility index (Phi) is 8.62. The standard InChI is InChI=1S/C26H22Cl2N2O2S2/c27-22-12-7-13-23(28)24(22)33-18-21-25(31)29(16-14-19-8-3-1-4-9-19)34-30(26(21)32)17-15-20-10-5-2-6-11-20/h1-13,18H,14-17H2. The third-order valence-corrected chi connectivity index (χ3v) is 8.19. The van der Waals surface area contributed by atoms with Crippen molar-refractivity contribution in [1.29, 1.82) is 0 Å². The lowest BCUT2D eigenvalue weighted by Crippen LogP contribution is -2.45. The lowest BCUT2D eigenvalue weighted by Gasteiger charge is -2.34. The van der Waals surface area contributed by atoms with Crippen LogP contribution in [0.25, 0.3) is 0 Å². The van der Waals surface area contributed by atoms with Gasteiger partial charge in [0.2, 0.25) is 0 Å². The lowest BCUT2D eigenvalue weighted by atomic mass is 10.1. The molecule has 0 unspecified atom stereocenters. The van der Waals surface area contributed by atoms with Crippen molar-refractivity contribution in [2.24, 2.45) is 0 Å². The highest BCUT2D eigenvalue weighted by atomic mass is 35.5. The molecular weight excluding hydrogens is 507 g/mol. The van der Waals surface area contributed by atoms with Crippen molar-refractivity contribution < 1.29 is 9.59 Å². The Hall–Kier alpha value is -2.38. The predicted octanol–water partition coefficient (Wildman–Crippen LogP) is 6.69. The zero-order chi connectivity index (χ0) is 23.9. The fourth-order valence-corrected chi connectivity index (χ4v) is 5.79. The summed E-state index contributed by atoms with van der Waals surface area (Å²) in [5.74, 6) is -0.616. The maximum absolute atomic E-state index is 13.3. The molecule has 2 amide bonds. The van der Waals surface area contributed by atoms with Crippen molar-refractivity contribution in [2.75, 3.05) is 13.1 Å². The summed E-state index contributed by atoms with van der Waals surface area (Å²) in [5.41, 5.74) is 2.37. The number of carbonyl (C=O) groups excluding carboxylic acids is 2. The first-order valence-electron chi connectivity index (χ1n) is 10.7. The van der Waals surface area contributed by atoms with Gasteiger partial charge in [-0.25, -0.2) is 0 Å². The average molecular weight is 530 g/mol. The number of benzene rings is 3. The second-order valence-electron chi connectivity index (χ2n) is 7.57. The van der Waals surface area contributed by atoms with Gasteiger partial charge in [0.25, 0.3) is 11.8 Å². The highest BCUT2D eigenvalue weighted by Crippen LogP contribution is 2.37. The molecule has 1 saturated heterocycles. The minimum absolute atomic E-state index is 0.112. The van der Waals surface area contributed by atoms with Crippen LogP contribution in [0.5, 0.6) is 0 Å². The summed E-state index contributed by atoms with van der Waals surface area (Å²) in [6.07, 6.45) is 1.38. The molecule has 4 rings (SSSR count). The van der Waals surface area contributed by atoms with Gasteiger partial charge in [-0.2, -0.15) is 0 Å². The first kappa shape index (κ1) is 24.7. The fraction of sp³-hybridized carbons (Fsp3) is 0.154. The van der Waals surface area contributed by atoms with Crippen molar-refractivity contribution in [2.45, 2.75) is 17.7 Å². The second-order valence-corrected chi connectivity index (χ2v) is 10.3. The van der Waals surface area contributed by atoms with Gasteiger partial charge in [-0.1, -0.05) is 102 Å². The van der Waals surface area contributed by atoms with E-state index in [9.17, 15) is 9.59 Å². The number of nitrogens with zero attached hydrogens (tertiary/aromatic N) is 2. The van der Waals surface area contributed by atoms with Crippen molar-refractivity contribution in [3.8, 4) is 0 Å². The molecule has 0 aliphatic carbocycles. The lowest BCUT2D eigenvalue weighted by molar-refractivity contribution is -0.130. The molecule has 0 N–H and O–H groups in total. The van der Waals surface area contributed by atoms with Crippen LogP contribution in [0.4, 0.5) is 0 Å². The van der Waals surface area contributed by atoms with Crippen molar-refractivity contribution >= 4 is 58.9 Å². The summed E-state index contributed by atoms with van der Waals surface area (Å²) in [5, 5.41) is 2.52. The van der Waals surface area contributed by atoms with Gasteiger partial charge in [-0.05, 0) is 41.5 Å². The van der Waals surface area contributed by atoms with Gasteiger partial charge in [0, 0.05) is 18.0 Å². The van der Waals surface area contributed by atoms with E-state index in [2.05, 4.69) is 0 Å². The normalized spacial score (nSPS) is 14.0. The van der Waals surface area contributed by atoms with Crippen LogP contribution in [0.15, 0.2) is 94.7 Å². The van der Waals surface area contributed by atoms with Gasteiger partial charge in [-0.15, -0.1) is 0 Å². The molecule has 0 saturated carbocycles. The van der Waals surface area contributed by atoms with Gasteiger partial charge < -0.3 is 0 Å². The van der Waals surface area contributed by atoms with E-state index in [1.54, 1.807) is 32.2 Å².